The Hall–Kier alpha value is -3.93. The molecule has 0 saturated heterocycles. The summed E-state index contributed by atoms with van der Waals surface area (Å²) in [4.78, 5) is 38.0. The van der Waals surface area contributed by atoms with Crippen LogP contribution in [0.3, 0.4) is 0 Å². The lowest BCUT2D eigenvalue weighted by Crippen LogP contribution is -2.30. The number of allylic oxidation sites excluding steroid dienone is 18. The molecule has 0 aliphatic rings. The highest BCUT2D eigenvalue weighted by Crippen LogP contribution is 2.16. The van der Waals surface area contributed by atoms with E-state index in [1.807, 2.05) is 0 Å². The zero-order valence-corrected chi connectivity index (χ0v) is 50.4. The van der Waals surface area contributed by atoms with Crippen molar-refractivity contribution in [2.45, 2.75) is 309 Å². The molecule has 0 radical (unpaired) electrons. The molecule has 440 valence electrons. The molecule has 0 spiro atoms. The molecule has 1 unspecified atom stereocenters. The fourth-order valence-electron chi connectivity index (χ4n) is 8.92. The maximum Gasteiger partial charge on any atom is 0.306 e. The molecule has 0 aromatic carbocycles. The zero-order valence-electron chi connectivity index (χ0n) is 50.4. The van der Waals surface area contributed by atoms with Crippen LogP contribution in [-0.4, -0.2) is 37.2 Å². The van der Waals surface area contributed by atoms with Crippen molar-refractivity contribution < 1.29 is 28.6 Å². The zero-order chi connectivity index (χ0) is 55.7. The van der Waals surface area contributed by atoms with Crippen LogP contribution in [0.1, 0.15) is 303 Å². The predicted molar refractivity (Wildman–Crippen MR) is 334 cm³/mol. The van der Waals surface area contributed by atoms with Gasteiger partial charge in [-0.3, -0.25) is 14.4 Å². The Bertz CT molecular complexity index is 1560. The maximum absolute atomic E-state index is 12.8. The highest BCUT2D eigenvalue weighted by molar-refractivity contribution is 5.71. The lowest BCUT2D eigenvalue weighted by molar-refractivity contribution is -0.167. The van der Waals surface area contributed by atoms with E-state index in [1.165, 1.54) is 154 Å². The second-order valence-corrected chi connectivity index (χ2v) is 21.3. The Balaban J connectivity index is 4.07. The van der Waals surface area contributed by atoms with Gasteiger partial charge in [-0.25, -0.2) is 0 Å². The molecule has 1 atom stereocenters. The van der Waals surface area contributed by atoms with Crippen molar-refractivity contribution in [3.63, 3.8) is 0 Å². The Morgan fingerprint density at radius 1 is 0.273 bits per heavy atom. The normalized spacial score (nSPS) is 12.8. The van der Waals surface area contributed by atoms with Gasteiger partial charge in [0.1, 0.15) is 13.2 Å². The molecule has 0 heterocycles. The summed E-state index contributed by atoms with van der Waals surface area (Å²) in [6.07, 6.45) is 88.5. The van der Waals surface area contributed by atoms with Gasteiger partial charge in [0, 0.05) is 19.3 Å². The first-order chi connectivity index (χ1) is 38.0. The molecule has 0 N–H and O–H groups in total. The van der Waals surface area contributed by atoms with Gasteiger partial charge in [-0.1, -0.05) is 284 Å². The van der Waals surface area contributed by atoms with Gasteiger partial charge in [0.2, 0.25) is 0 Å². The number of rotatable bonds is 58. The fourth-order valence-corrected chi connectivity index (χ4v) is 8.92. The smallest absolute Gasteiger partial charge is 0.306 e. The second-order valence-electron chi connectivity index (χ2n) is 21.3. The molecule has 0 rings (SSSR count). The van der Waals surface area contributed by atoms with Crippen molar-refractivity contribution in [3.05, 3.63) is 109 Å². The van der Waals surface area contributed by atoms with E-state index in [0.717, 1.165) is 109 Å². The van der Waals surface area contributed by atoms with E-state index < -0.39 is 6.10 Å². The van der Waals surface area contributed by atoms with E-state index in [9.17, 15) is 14.4 Å². The summed E-state index contributed by atoms with van der Waals surface area (Å²) < 4.78 is 16.8. The third kappa shape index (κ3) is 62.8. The van der Waals surface area contributed by atoms with Crippen LogP contribution in [0.25, 0.3) is 0 Å². The summed E-state index contributed by atoms with van der Waals surface area (Å²) in [7, 11) is 0. The Morgan fingerprint density at radius 3 is 0.805 bits per heavy atom. The lowest BCUT2D eigenvalue weighted by Gasteiger charge is -2.18. The van der Waals surface area contributed by atoms with Crippen LogP contribution in [0.2, 0.25) is 0 Å². The molecule has 6 heteroatoms. The first-order valence-corrected chi connectivity index (χ1v) is 32.4. The minimum atomic E-state index is -0.779. The van der Waals surface area contributed by atoms with Gasteiger partial charge in [-0.15, -0.1) is 0 Å². The van der Waals surface area contributed by atoms with E-state index >= 15 is 0 Å². The topological polar surface area (TPSA) is 78.9 Å². The molecule has 0 aromatic rings. The number of hydrogen-bond acceptors (Lipinski definition) is 6. The van der Waals surface area contributed by atoms with Gasteiger partial charge in [0.15, 0.2) is 6.10 Å². The third-order valence-electron chi connectivity index (χ3n) is 13.8. The Morgan fingerprint density at radius 2 is 0.506 bits per heavy atom. The highest BCUT2D eigenvalue weighted by Gasteiger charge is 2.19. The second kappa shape index (κ2) is 64.6. The number of unbranched alkanes of at least 4 members (excludes halogenated alkanes) is 29. The van der Waals surface area contributed by atoms with Crippen LogP contribution in [0, 0.1) is 0 Å². The van der Waals surface area contributed by atoms with E-state index in [2.05, 4.69) is 130 Å². The van der Waals surface area contributed by atoms with Gasteiger partial charge in [0.25, 0.3) is 0 Å². The predicted octanol–water partition coefficient (Wildman–Crippen LogP) is 22.2. The van der Waals surface area contributed by atoms with Crippen molar-refractivity contribution in [3.8, 4) is 0 Å². The molecule has 0 amide bonds. The average Bonchev–Trinajstić information content (AvgIpc) is 3.43. The fraction of sp³-hybridized carbons (Fsp3) is 0.704. The Kier molecular flexibility index (Phi) is 61.3. The van der Waals surface area contributed by atoms with Crippen LogP contribution in [-0.2, 0) is 28.6 Å². The van der Waals surface area contributed by atoms with E-state index in [1.54, 1.807) is 0 Å². The first-order valence-electron chi connectivity index (χ1n) is 32.4. The number of esters is 3. The summed E-state index contributed by atoms with van der Waals surface area (Å²) in [6, 6.07) is 0. The number of carbonyl (C=O) groups is 3. The number of hydrogen-bond donors (Lipinski definition) is 0. The van der Waals surface area contributed by atoms with Crippen molar-refractivity contribution in [1.29, 1.82) is 0 Å². The lowest BCUT2D eigenvalue weighted by atomic mass is 10.1. The summed E-state index contributed by atoms with van der Waals surface area (Å²) in [5, 5.41) is 0. The molecular formula is C71H120O6. The minimum absolute atomic E-state index is 0.0792. The van der Waals surface area contributed by atoms with E-state index in [0.29, 0.717) is 19.3 Å². The molecule has 6 nitrogen and oxygen atoms in total. The van der Waals surface area contributed by atoms with Crippen LogP contribution in [0.4, 0.5) is 0 Å². The maximum atomic E-state index is 12.8. The van der Waals surface area contributed by atoms with Gasteiger partial charge in [0.05, 0.1) is 0 Å². The van der Waals surface area contributed by atoms with Gasteiger partial charge < -0.3 is 14.2 Å². The highest BCUT2D eigenvalue weighted by atomic mass is 16.6. The van der Waals surface area contributed by atoms with Crippen LogP contribution < -0.4 is 0 Å². The largest absolute Gasteiger partial charge is 0.462 e. The van der Waals surface area contributed by atoms with Gasteiger partial charge >= 0.3 is 17.9 Å². The SMILES string of the molecule is CC/C=C\C/C=C\C/C=C\C/C=C\C/C=C\C/C=C\C/C=C\C/C=C\CCCCCCCCCCCCC(=O)OCC(COC(=O)CCCCCCCC)OC(=O)CCCCCCCCC/C=C\CCCCCCCCC. The third-order valence-corrected chi connectivity index (χ3v) is 13.8. The van der Waals surface area contributed by atoms with Crippen LogP contribution in [0.5, 0.6) is 0 Å². The average molecular weight is 1070 g/mol. The standard InChI is InChI=1S/C71H120O6/c1-4-7-10-13-16-18-20-22-24-26-28-29-30-31-32-33-34-35-36-37-38-39-40-41-42-43-44-46-47-49-51-53-55-58-61-64-70(73)76-67-68(66-75-69(72)63-60-57-15-12-9-6-3)77-71(74)65-62-59-56-54-52-50-48-45-27-25-23-21-19-17-14-11-8-5-2/h7,10,16,18,22,24-25,27-29,31-32,34-35,37-38,40-41,68H,4-6,8-9,11-15,17,19-21,23,26,30,33,36,39,42-67H2,1-3H3/b10-7-,18-16-,24-22-,27-25-,29-28-,32-31-,35-34-,38-37-,41-40-. The molecule has 0 fully saturated rings. The van der Waals surface area contributed by atoms with Crippen LogP contribution in [0.15, 0.2) is 109 Å². The van der Waals surface area contributed by atoms with Crippen LogP contribution >= 0.6 is 0 Å². The molecular weight excluding hydrogens is 949 g/mol. The first kappa shape index (κ1) is 73.1. The van der Waals surface area contributed by atoms with E-state index in [-0.39, 0.29) is 31.1 Å². The van der Waals surface area contributed by atoms with Crippen molar-refractivity contribution in [2.75, 3.05) is 13.2 Å². The molecule has 0 bridgehead atoms. The summed E-state index contributed by atoms with van der Waals surface area (Å²) in [5.74, 6) is -0.891. The number of ether oxygens (including phenoxy) is 3. The number of carbonyl (C=O) groups excluding carboxylic acids is 3. The Labute approximate surface area is 476 Å². The summed E-state index contributed by atoms with van der Waals surface area (Å²) >= 11 is 0. The summed E-state index contributed by atoms with van der Waals surface area (Å²) in [6.45, 7) is 6.47. The van der Waals surface area contributed by atoms with Crippen molar-refractivity contribution >= 4 is 17.9 Å². The molecule has 0 aromatic heterocycles. The van der Waals surface area contributed by atoms with Gasteiger partial charge in [-0.05, 0) is 109 Å². The quantitative estimate of drug-likeness (QED) is 0.0261. The molecule has 0 saturated carbocycles. The molecule has 0 aliphatic heterocycles. The molecule has 0 aliphatic carbocycles. The van der Waals surface area contributed by atoms with Gasteiger partial charge in [-0.2, -0.15) is 0 Å². The van der Waals surface area contributed by atoms with E-state index in [4.69, 9.17) is 14.2 Å². The van der Waals surface area contributed by atoms with Crippen molar-refractivity contribution in [2.24, 2.45) is 0 Å². The molecule has 77 heavy (non-hydrogen) atoms. The van der Waals surface area contributed by atoms with Crippen molar-refractivity contribution in [1.82, 2.24) is 0 Å². The minimum Gasteiger partial charge on any atom is -0.462 e. The monoisotopic (exact) mass is 1070 g/mol. The summed E-state index contributed by atoms with van der Waals surface area (Å²) in [5.41, 5.74) is 0.